The first kappa shape index (κ1) is 14.1. The molecule has 1 saturated heterocycles. The lowest BCUT2D eigenvalue weighted by Crippen LogP contribution is -2.38. The molecule has 1 fully saturated rings. The predicted molar refractivity (Wildman–Crippen MR) is 82.6 cm³/mol. The maximum Gasteiger partial charge on any atom is 0.348 e. The van der Waals surface area contributed by atoms with Gasteiger partial charge < -0.3 is 10.1 Å². The highest BCUT2D eigenvalue weighted by atomic mass is 32.1. The smallest absolute Gasteiger partial charge is 0.348 e. The van der Waals surface area contributed by atoms with Gasteiger partial charge >= 0.3 is 5.97 Å². The average Bonchev–Trinajstić information content (AvgIpc) is 2.92. The SMILES string of the molecule is Cc1cccc2cc(C(=O)OCC3CCCNC3=O)sc12. The molecule has 1 atom stereocenters. The van der Waals surface area contributed by atoms with Crippen LogP contribution in [0.4, 0.5) is 0 Å². The first-order valence-corrected chi connectivity index (χ1v) is 7.91. The maximum atomic E-state index is 12.1. The molecule has 1 aliphatic heterocycles. The number of aryl methyl sites for hydroxylation is 1. The molecule has 0 saturated carbocycles. The van der Waals surface area contributed by atoms with Gasteiger partial charge in [-0.3, -0.25) is 4.79 Å². The maximum absolute atomic E-state index is 12.1. The van der Waals surface area contributed by atoms with E-state index in [1.807, 2.05) is 31.2 Å². The van der Waals surface area contributed by atoms with Gasteiger partial charge in [0.2, 0.25) is 5.91 Å². The average molecular weight is 303 g/mol. The fraction of sp³-hybridized carbons (Fsp3) is 0.375. The van der Waals surface area contributed by atoms with Crippen LogP contribution in [0.1, 0.15) is 28.1 Å². The number of carbonyl (C=O) groups excluding carboxylic acids is 2. The zero-order valence-corrected chi connectivity index (χ0v) is 12.7. The van der Waals surface area contributed by atoms with Crippen LogP contribution in [0, 0.1) is 12.8 Å². The van der Waals surface area contributed by atoms with E-state index >= 15 is 0 Å². The topological polar surface area (TPSA) is 55.4 Å². The first-order valence-electron chi connectivity index (χ1n) is 7.09. The first-order chi connectivity index (χ1) is 10.1. The highest BCUT2D eigenvalue weighted by molar-refractivity contribution is 7.21. The zero-order chi connectivity index (χ0) is 14.8. The highest BCUT2D eigenvalue weighted by Crippen LogP contribution is 2.29. The zero-order valence-electron chi connectivity index (χ0n) is 11.8. The monoisotopic (exact) mass is 303 g/mol. The van der Waals surface area contributed by atoms with E-state index in [4.69, 9.17) is 4.74 Å². The van der Waals surface area contributed by atoms with E-state index in [0.29, 0.717) is 4.88 Å². The number of nitrogens with one attached hydrogen (secondary N) is 1. The van der Waals surface area contributed by atoms with Gasteiger partial charge in [-0.05, 0) is 36.8 Å². The van der Waals surface area contributed by atoms with Crippen LogP contribution < -0.4 is 5.32 Å². The number of rotatable bonds is 3. The van der Waals surface area contributed by atoms with Crippen molar-refractivity contribution in [2.75, 3.05) is 13.2 Å². The minimum Gasteiger partial charge on any atom is -0.461 e. The Kier molecular flexibility index (Phi) is 3.92. The Morgan fingerprint density at radius 2 is 2.33 bits per heavy atom. The molecule has 5 heteroatoms. The molecule has 2 heterocycles. The number of carbonyl (C=O) groups is 2. The lowest BCUT2D eigenvalue weighted by molar-refractivity contribution is -0.127. The molecular formula is C16H17NO3S. The van der Waals surface area contributed by atoms with Gasteiger partial charge in [-0.2, -0.15) is 0 Å². The van der Waals surface area contributed by atoms with Gasteiger partial charge in [0.05, 0.1) is 5.92 Å². The fourth-order valence-corrected chi connectivity index (χ4v) is 3.57. The van der Waals surface area contributed by atoms with Crippen molar-refractivity contribution in [1.29, 1.82) is 0 Å². The lowest BCUT2D eigenvalue weighted by Gasteiger charge is -2.21. The minimum atomic E-state index is -0.339. The molecule has 1 aromatic heterocycles. The summed E-state index contributed by atoms with van der Waals surface area (Å²) >= 11 is 1.44. The van der Waals surface area contributed by atoms with E-state index in [0.717, 1.165) is 35.0 Å². The van der Waals surface area contributed by atoms with Crippen molar-refractivity contribution < 1.29 is 14.3 Å². The molecule has 3 rings (SSSR count). The lowest BCUT2D eigenvalue weighted by atomic mass is 10.00. The van der Waals surface area contributed by atoms with Crippen molar-refractivity contribution in [3.8, 4) is 0 Å². The summed E-state index contributed by atoms with van der Waals surface area (Å²) in [5.74, 6) is -0.561. The number of fused-ring (bicyclic) bond motifs is 1. The second kappa shape index (κ2) is 5.85. The summed E-state index contributed by atoms with van der Waals surface area (Å²) in [7, 11) is 0. The second-order valence-electron chi connectivity index (χ2n) is 5.33. The summed E-state index contributed by atoms with van der Waals surface area (Å²) in [4.78, 5) is 24.4. The van der Waals surface area contributed by atoms with Gasteiger partial charge in [-0.15, -0.1) is 11.3 Å². The minimum absolute atomic E-state index is 0.0127. The Bertz CT molecular complexity index is 692. The third-order valence-corrected chi connectivity index (χ3v) is 5.02. The molecule has 1 amide bonds. The number of esters is 1. The van der Waals surface area contributed by atoms with E-state index in [9.17, 15) is 9.59 Å². The van der Waals surface area contributed by atoms with Gasteiger partial charge in [0, 0.05) is 11.2 Å². The predicted octanol–water partition coefficient (Wildman–Crippen LogP) is 2.89. The largest absolute Gasteiger partial charge is 0.461 e. The Morgan fingerprint density at radius 3 is 3.10 bits per heavy atom. The molecule has 0 radical (unpaired) electrons. The van der Waals surface area contributed by atoms with E-state index < -0.39 is 0 Å². The van der Waals surface area contributed by atoms with Gasteiger partial charge in [0.25, 0.3) is 0 Å². The highest BCUT2D eigenvalue weighted by Gasteiger charge is 2.24. The third-order valence-electron chi connectivity index (χ3n) is 3.76. The van der Waals surface area contributed by atoms with Crippen molar-refractivity contribution in [3.63, 3.8) is 0 Å². The molecule has 4 nitrogen and oxygen atoms in total. The summed E-state index contributed by atoms with van der Waals surface area (Å²) in [6.45, 7) is 2.91. The van der Waals surface area contributed by atoms with E-state index in [1.54, 1.807) is 0 Å². The van der Waals surface area contributed by atoms with Crippen molar-refractivity contribution in [2.24, 2.45) is 5.92 Å². The van der Waals surface area contributed by atoms with Crippen LogP contribution in [-0.2, 0) is 9.53 Å². The summed E-state index contributed by atoms with van der Waals surface area (Å²) in [6.07, 6.45) is 1.72. The molecule has 2 aromatic rings. The Morgan fingerprint density at radius 1 is 1.48 bits per heavy atom. The van der Waals surface area contributed by atoms with Crippen LogP contribution in [-0.4, -0.2) is 25.0 Å². The Labute approximate surface area is 127 Å². The number of benzene rings is 1. The number of hydrogen-bond acceptors (Lipinski definition) is 4. The quantitative estimate of drug-likeness (QED) is 0.887. The van der Waals surface area contributed by atoms with Crippen molar-refractivity contribution in [2.45, 2.75) is 19.8 Å². The van der Waals surface area contributed by atoms with Crippen molar-refractivity contribution in [1.82, 2.24) is 5.32 Å². The third kappa shape index (κ3) is 2.93. The molecule has 0 aliphatic carbocycles. The number of thiophene rings is 1. The number of piperidine rings is 1. The summed E-state index contributed by atoms with van der Waals surface area (Å²) < 4.78 is 6.43. The summed E-state index contributed by atoms with van der Waals surface area (Å²) in [6, 6.07) is 7.85. The normalized spacial score (nSPS) is 18.5. The molecular weight excluding hydrogens is 286 g/mol. The van der Waals surface area contributed by atoms with Crippen LogP contribution in [0.2, 0.25) is 0 Å². The second-order valence-corrected chi connectivity index (χ2v) is 6.38. The van der Waals surface area contributed by atoms with Crippen LogP contribution >= 0.6 is 11.3 Å². The number of ether oxygens (including phenoxy) is 1. The van der Waals surface area contributed by atoms with E-state index in [-0.39, 0.29) is 24.4 Å². The molecule has 0 bridgehead atoms. The molecule has 21 heavy (non-hydrogen) atoms. The molecule has 1 N–H and O–H groups in total. The van der Waals surface area contributed by atoms with Crippen LogP contribution in [0.25, 0.3) is 10.1 Å². The molecule has 1 aliphatic rings. The molecule has 1 unspecified atom stereocenters. The molecule has 0 spiro atoms. The van der Waals surface area contributed by atoms with Gasteiger partial charge in [-0.1, -0.05) is 18.2 Å². The van der Waals surface area contributed by atoms with Crippen LogP contribution in [0.15, 0.2) is 24.3 Å². The fourth-order valence-electron chi connectivity index (χ4n) is 2.55. The summed E-state index contributed by atoms with van der Waals surface area (Å²) in [5.41, 5.74) is 1.16. The summed E-state index contributed by atoms with van der Waals surface area (Å²) in [5, 5.41) is 3.85. The van der Waals surface area contributed by atoms with E-state index in [2.05, 4.69) is 5.32 Å². The Balaban J connectivity index is 1.69. The number of amides is 1. The van der Waals surface area contributed by atoms with Crippen molar-refractivity contribution >= 4 is 33.3 Å². The van der Waals surface area contributed by atoms with Gasteiger partial charge in [0.15, 0.2) is 0 Å². The van der Waals surface area contributed by atoms with Gasteiger partial charge in [-0.25, -0.2) is 4.79 Å². The van der Waals surface area contributed by atoms with Crippen LogP contribution in [0.3, 0.4) is 0 Å². The van der Waals surface area contributed by atoms with E-state index in [1.165, 1.54) is 11.3 Å². The number of hydrogen-bond donors (Lipinski definition) is 1. The van der Waals surface area contributed by atoms with Crippen molar-refractivity contribution in [3.05, 3.63) is 34.7 Å². The Hall–Kier alpha value is -1.88. The molecule has 110 valence electrons. The standard InChI is InChI=1S/C16H17NO3S/c1-10-4-2-5-11-8-13(21-14(10)11)16(19)20-9-12-6-3-7-17-15(12)18/h2,4-5,8,12H,3,6-7,9H2,1H3,(H,17,18). The van der Waals surface area contributed by atoms with Gasteiger partial charge in [0.1, 0.15) is 11.5 Å². The molecule has 1 aromatic carbocycles. The van der Waals surface area contributed by atoms with Crippen LogP contribution in [0.5, 0.6) is 0 Å².